The van der Waals surface area contributed by atoms with E-state index in [0.29, 0.717) is 11.8 Å². The molecule has 1 rings (SSSR count). The maximum atomic E-state index is 4.27. The van der Waals surface area contributed by atoms with E-state index < -0.39 is 0 Å². The van der Waals surface area contributed by atoms with Gasteiger partial charge in [0.25, 0.3) is 0 Å². The molecule has 112 valence electrons. The van der Waals surface area contributed by atoms with E-state index in [-0.39, 0.29) is 0 Å². The van der Waals surface area contributed by atoms with Crippen molar-refractivity contribution in [2.45, 2.75) is 71.6 Å². The van der Waals surface area contributed by atoms with Crippen LogP contribution in [0.15, 0.2) is 42.2 Å². The fourth-order valence-electron chi connectivity index (χ4n) is 3.06. The maximum Gasteiger partial charge on any atom is -0.00383 e. The molecular weight excluding hydrogens is 240 g/mol. The van der Waals surface area contributed by atoms with Gasteiger partial charge in [0.2, 0.25) is 0 Å². The van der Waals surface area contributed by atoms with Crippen LogP contribution < -0.4 is 0 Å². The molecule has 0 amide bonds. The second-order valence-corrected chi connectivity index (χ2v) is 6.27. The molecule has 20 heavy (non-hydrogen) atoms. The molecule has 0 aromatic carbocycles. The second kappa shape index (κ2) is 9.83. The molecule has 1 atom stereocenters. The lowest BCUT2D eigenvalue weighted by Gasteiger charge is -2.22. The standard InChI is InChI=1S/C20H32/c1-5-7-9-12-17(3)19(6-2)16-15-18(4)20-13-10-8-11-14-20/h15-17,20H,2,4-5,7-14H2,1,3H3. The molecule has 0 radical (unpaired) electrons. The van der Waals surface area contributed by atoms with Gasteiger partial charge in [-0.1, -0.05) is 83.3 Å². The first-order chi connectivity index (χ1) is 9.69. The molecule has 0 spiro atoms. The average molecular weight is 272 g/mol. The topological polar surface area (TPSA) is 0 Å². The van der Waals surface area contributed by atoms with Crippen LogP contribution in [0, 0.1) is 11.8 Å². The van der Waals surface area contributed by atoms with Gasteiger partial charge in [0, 0.05) is 0 Å². The molecule has 0 bridgehead atoms. The third kappa shape index (κ3) is 5.97. The Hall–Kier alpha value is -1.00. The Labute approximate surface area is 126 Å². The first-order valence-electron chi connectivity index (χ1n) is 8.45. The summed E-state index contributed by atoms with van der Waals surface area (Å²) in [5.41, 5.74) is 5.68. The van der Waals surface area contributed by atoms with Gasteiger partial charge < -0.3 is 0 Å². The summed E-state index contributed by atoms with van der Waals surface area (Å²) < 4.78 is 0. The zero-order chi connectivity index (χ0) is 14.8. The predicted octanol–water partition coefficient (Wildman–Crippen LogP) is 6.61. The van der Waals surface area contributed by atoms with E-state index in [2.05, 4.69) is 44.9 Å². The summed E-state index contributed by atoms with van der Waals surface area (Å²) in [7, 11) is 0. The van der Waals surface area contributed by atoms with Gasteiger partial charge in [-0.05, 0) is 36.7 Å². The molecule has 1 fully saturated rings. The summed E-state index contributed by atoms with van der Waals surface area (Å²) in [5.74, 6) is 1.27. The van der Waals surface area contributed by atoms with Crippen molar-refractivity contribution in [3.8, 4) is 0 Å². The first-order valence-corrected chi connectivity index (χ1v) is 8.45. The van der Waals surface area contributed by atoms with Crippen LogP contribution in [0.4, 0.5) is 0 Å². The van der Waals surface area contributed by atoms with Crippen molar-refractivity contribution in [2.24, 2.45) is 11.8 Å². The molecule has 0 aliphatic heterocycles. The highest BCUT2D eigenvalue weighted by Crippen LogP contribution is 2.30. The Balaban J connectivity index is 2.47. The zero-order valence-electron chi connectivity index (χ0n) is 13.6. The lowest BCUT2D eigenvalue weighted by Crippen LogP contribution is -2.07. The number of hydrogen-bond donors (Lipinski definition) is 0. The van der Waals surface area contributed by atoms with Gasteiger partial charge >= 0.3 is 0 Å². The summed E-state index contributed by atoms with van der Waals surface area (Å²) in [5, 5.41) is 0. The molecule has 1 unspecified atom stereocenters. The normalized spacial score (nSPS) is 17.9. The Morgan fingerprint density at radius 3 is 2.50 bits per heavy atom. The number of hydrogen-bond acceptors (Lipinski definition) is 0. The van der Waals surface area contributed by atoms with E-state index in [9.17, 15) is 0 Å². The van der Waals surface area contributed by atoms with Crippen molar-refractivity contribution in [3.63, 3.8) is 0 Å². The molecule has 0 aromatic rings. The fourth-order valence-corrected chi connectivity index (χ4v) is 3.06. The number of allylic oxidation sites excluding steroid dienone is 4. The van der Waals surface area contributed by atoms with Gasteiger partial charge in [0.1, 0.15) is 0 Å². The van der Waals surface area contributed by atoms with E-state index in [1.54, 1.807) is 0 Å². The summed E-state index contributed by atoms with van der Waals surface area (Å²) in [4.78, 5) is 0. The van der Waals surface area contributed by atoms with Gasteiger partial charge in [-0.3, -0.25) is 0 Å². The minimum absolute atomic E-state index is 0.564. The monoisotopic (exact) mass is 272 g/mol. The summed E-state index contributed by atoms with van der Waals surface area (Å²) in [6.07, 6.45) is 16.4. The van der Waals surface area contributed by atoms with E-state index in [1.165, 1.54) is 68.9 Å². The van der Waals surface area contributed by atoms with E-state index in [4.69, 9.17) is 0 Å². The average Bonchev–Trinajstić information content (AvgIpc) is 2.49. The van der Waals surface area contributed by atoms with Crippen molar-refractivity contribution >= 4 is 0 Å². The van der Waals surface area contributed by atoms with Crippen molar-refractivity contribution in [1.29, 1.82) is 0 Å². The fraction of sp³-hybridized carbons (Fsp3) is 0.650. The van der Waals surface area contributed by atoms with E-state index in [0.717, 1.165) is 0 Å². The lowest BCUT2D eigenvalue weighted by molar-refractivity contribution is 0.409. The van der Waals surface area contributed by atoms with Crippen LogP contribution >= 0.6 is 0 Å². The Morgan fingerprint density at radius 1 is 1.20 bits per heavy atom. The smallest absolute Gasteiger partial charge is 0.00383 e. The highest BCUT2D eigenvalue weighted by Gasteiger charge is 2.14. The highest BCUT2D eigenvalue weighted by atomic mass is 14.2. The van der Waals surface area contributed by atoms with Crippen molar-refractivity contribution in [3.05, 3.63) is 42.2 Å². The summed E-state index contributed by atoms with van der Waals surface area (Å²) >= 11 is 0. The Morgan fingerprint density at radius 2 is 1.90 bits per heavy atom. The van der Waals surface area contributed by atoms with Gasteiger partial charge in [0.15, 0.2) is 0 Å². The van der Waals surface area contributed by atoms with Gasteiger partial charge in [-0.2, -0.15) is 0 Å². The quantitative estimate of drug-likeness (QED) is 0.265. The molecule has 1 saturated carbocycles. The molecule has 0 heterocycles. The van der Waals surface area contributed by atoms with Gasteiger partial charge in [0.05, 0.1) is 0 Å². The van der Waals surface area contributed by atoms with E-state index >= 15 is 0 Å². The SMILES string of the molecule is C=C=C(C=CC(=C)C1CCCCC1)C(C)CCCCC. The van der Waals surface area contributed by atoms with Crippen LogP contribution in [0.1, 0.15) is 71.6 Å². The molecule has 1 aliphatic carbocycles. The molecule has 0 N–H and O–H groups in total. The maximum absolute atomic E-state index is 4.27. The van der Waals surface area contributed by atoms with Crippen molar-refractivity contribution in [2.75, 3.05) is 0 Å². The number of unbranched alkanes of at least 4 members (excludes halogenated alkanes) is 2. The zero-order valence-corrected chi connectivity index (χ0v) is 13.6. The van der Waals surface area contributed by atoms with Crippen LogP contribution in [0.3, 0.4) is 0 Å². The van der Waals surface area contributed by atoms with Gasteiger partial charge in [-0.25, -0.2) is 0 Å². The van der Waals surface area contributed by atoms with Crippen molar-refractivity contribution in [1.82, 2.24) is 0 Å². The first kappa shape index (κ1) is 17.1. The Kier molecular flexibility index (Phi) is 8.38. The minimum atomic E-state index is 0.564. The molecule has 0 heteroatoms. The van der Waals surface area contributed by atoms with Crippen LogP contribution in [0.25, 0.3) is 0 Å². The van der Waals surface area contributed by atoms with Crippen LogP contribution in [0.5, 0.6) is 0 Å². The second-order valence-electron chi connectivity index (χ2n) is 6.27. The van der Waals surface area contributed by atoms with E-state index in [1.807, 2.05) is 0 Å². The lowest BCUT2D eigenvalue weighted by atomic mass is 9.84. The predicted molar refractivity (Wildman–Crippen MR) is 90.8 cm³/mol. The Bertz CT molecular complexity index is 359. The molecule has 0 nitrogen and oxygen atoms in total. The van der Waals surface area contributed by atoms with Gasteiger partial charge in [-0.15, -0.1) is 5.73 Å². The summed E-state index contributed by atoms with van der Waals surface area (Å²) in [6.45, 7) is 12.7. The molecule has 0 aromatic heterocycles. The third-order valence-corrected chi connectivity index (χ3v) is 4.58. The largest absolute Gasteiger partial charge is 0.125 e. The van der Waals surface area contributed by atoms with Crippen LogP contribution in [-0.2, 0) is 0 Å². The van der Waals surface area contributed by atoms with Crippen LogP contribution in [-0.4, -0.2) is 0 Å². The number of rotatable bonds is 8. The van der Waals surface area contributed by atoms with Crippen LogP contribution in [0.2, 0.25) is 0 Å². The summed E-state index contributed by atoms with van der Waals surface area (Å²) in [6, 6.07) is 0. The minimum Gasteiger partial charge on any atom is -0.125 e. The van der Waals surface area contributed by atoms with Crippen molar-refractivity contribution < 1.29 is 0 Å². The third-order valence-electron chi connectivity index (χ3n) is 4.58. The molecular formula is C20H32. The molecule has 1 aliphatic rings. The highest BCUT2D eigenvalue weighted by molar-refractivity contribution is 5.28. The molecule has 0 saturated heterocycles.